The summed E-state index contributed by atoms with van der Waals surface area (Å²) >= 11 is 0. The van der Waals surface area contributed by atoms with E-state index in [2.05, 4.69) is 11.8 Å². The Kier molecular flexibility index (Phi) is 5.44. The van der Waals surface area contributed by atoms with Gasteiger partial charge in [-0.25, -0.2) is 14.8 Å². The summed E-state index contributed by atoms with van der Waals surface area (Å²) in [5.41, 5.74) is 3.67. The number of aliphatic hydroxyl groups is 1. The number of aliphatic imine (C=N–C) groups is 1. The normalized spacial score (nSPS) is 19.3. The van der Waals surface area contributed by atoms with Gasteiger partial charge < -0.3 is 19.3 Å². The van der Waals surface area contributed by atoms with Crippen molar-refractivity contribution in [3.63, 3.8) is 0 Å². The molecule has 8 nitrogen and oxygen atoms in total. The molecule has 6 rings (SSSR count). The molecule has 3 aliphatic heterocycles. The molecule has 1 N–H and O–H groups in total. The zero-order valence-electron chi connectivity index (χ0n) is 20.7. The maximum atomic E-state index is 13.6. The molecule has 0 saturated heterocycles. The van der Waals surface area contributed by atoms with E-state index in [4.69, 9.17) is 14.7 Å². The van der Waals surface area contributed by atoms with Crippen molar-refractivity contribution in [3.8, 4) is 11.4 Å². The highest BCUT2D eigenvalue weighted by molar-refractivity contribution is 6.11. The van der Waals surface area contributed by atoms with Gasteiger partial charge in [0.05, 0.1) is 52.1 Å². The Labute approximate surface area is 209 Å². The Hall–Kier alpha value is -3.52. The van der Waals surface area contributed by atoms with Crippen LogP contribution in [0.4, 0.5) is 11.4 Å². The second-order valence-corrected chi connectivity index (χ2v) is 9.91. The van der Waals surface area contributed by atoms with Crippen LogP contribution in [-0.2, 0) is 28.3 Å². The number of pyridine rings is 2. The Morgan fingerprint density at radius 2 is 1.94 bits per heavy atom. The predicted octanol–water partition coefficient (Wildman–Crippen LogP) is 4.53. The molecule has 0 aliphatic carbocycles. The van der Waals surface area contributed by atoms with Gasteiger partial charge in [-0.2, -0.15) is 0 Å². The third kappa shape index (κ3) is 3.24. The minimum absolute atomic E-state index is 0.122. The highest BCUT2D eigenvalue weighted by Gasteiger charge is 2.45. The molecular formula is C28H30N4O4. The van der Waals surface area contributed by atoms with Crippen LogP contribution in [0.25, 0.3) is 22.3 Å². The number of benzene rings is 1. The van der Waals surface area contributed by atoms with Gasteiger partial charge in [0, 0.05) is 17.7 Å². The van der Waals surface area contributed by atoms with Crippen LogP contribution in [0.1, 0.15) is 69.1 Å². The van der Waals surface area contributed by atoms with Gasteiger partial charge in [-0.05, 0) is 31.0 Å². The lowest BCUT2D eigenvalue weighted by molar-refractivity contribution is -0.172. The fourth-order valence-corrected chi connectivity index (χ4v) is 5.76. The molecule has 0 bridgehead atoms. The molecule has 0 saturated carbocycles. The smallest absolute Gasteiger partial charge is 0.343 e. The van der Waals surface area contributed by atoms with Crippen molar-refractivity contribution >= 4 is 34.6 Å². The summed E-state index contributed by atoms with van der Waals surface area (Å²) in [4.78, 5) is 38.0. The van der Waals surface area contributed by atoms with Crippen LogP contribution in [0.3, 0.4) is 0 Å². The lowest BCUT2D eigenvalue weighted by Crippen LogP contribution is -2.44. The first-order chi connectivity index (χ1) is 17.5. The number of esters is 1. The Morgan fingerprint density at radius 3 is 2.75 bits per heavy atom. The molecular weight excluding hydrogens is 456 g/mol. The fourth-order valence-electron chi connectivity index (χ4n) is 5.76. The number of aromatic nitrogens is 2. The van der Waals surface area contributed by atoms with Crippen LogP contribution >= 0.6 is 0 Å². The van der Waals surface area contributed by atoms with Crippen molar-refractivity contribution < 1.29 is 14.6 Å². The highest BCUT2D eigenvalue weighted by Crippen LogP contribution is 2.46. The molecule has 0 spiro atoms. The van der Waals surface area contributed by atoms with E-state index in [0.29, 0.717) is 23.4 Å². The van der Waals surface area contributed by atoms with Crippen LogP contribution in [0.5, 0.6) is 0 Å². The number of ether oxygens (including phenoxy) is 1. The Morgan fingerprint density at radius 1 is 1.11 bits per heavy atom. The minimum Gasteiger partial charge on any atom is -0.458 e. The summed E-state index contributed by atoms with van der Waals surface area (Å²) in [7, 11) is 0. The van der Waals surface area contributed by atoms with E-state index < -0.39 is 11.6 Å². The number of nitrogens with zero attached hydrogens (tertiary/aromatic N) is 4. The molecule has 5 heterocycles. The minimum atomic E-state index is -1.83. The van der Waals surface area contributed by atoms with Gasteiger partial charge in [-0.3, -0.25) is 4.79 Å². The van der Waals surface area contributed by atoms with E-state index in [-0.39, 0.29) is 18.6 Å². The van der Waals surface area contributed by atoms with Gasteiger partial charge in [0.25, 0.3) is 5.56 Å². The number of fused-ring (bicyclic) bond motifs is 5. The summed E-state index contributed by atoms with van der Waals surface area (Å²) in [6, 6.07) is 7.68. The molecule has 0 radical (unpaired) electrons. The fraction of sp³-hybridized carbons (Fsp3) is 0.429. The number of carbonyl (C=O) groups excluding carboxylic acids is 1. The number of hydrogen-bond acceptors (Lipinski definition) is 7. The third-order valence-corrected chi connectivity index (χ3v) is 7.79. The lowest BCUT2D eigenvalue weighted by Gasteiger charge is -2.31. The number of anilines is 1. The SMILES string of the molecule is CCCCCCCN1C=Nc2cccc3nc4c(c1c23)Cn1c-4cc2c(c1=O)COC(=O)[C@]2(O)CC. The molecule has 2 aromatic heterocycles. The van der Waals surface area contributed by atoms with Crippen molar-refractivity contribution in [1.29, 1.82) is 0 Å². The standard InChI is InChI=1S/C28H30N4O4/c1-3-5-6-7-8-12-31-16-29-20-10-9-11-21-23(20)25(31)17-14-32-22(24(17)30-21)13-19-18(26(32)33)15-36-27(34)28(19,35)4-2/h9-11,13,16,35H,3-8,12,14-15H2,1-2H3/t28-/m0/s1. The molecule has 1 atom stereocenters. The Bertz CT molecular complexity index is 1490. The monoisotopic (exact) mass is 486 g/mol. The highest BCUT2D eigenvalue weighted by atomic mass is 16.6. The van der Waals surface area contributed by atoms with Crippen LogP contribution in [0.15, 0.2) is 34.1 Å². The van der Waals surface area contributed by atoms with Crippen molar-refractivity contribution in [3.05, 3.63) is 51.3 Å². The summed E-state index contributed by atoms with van der Waals surface area (Å²) < 4.78 is 6.91. The molecule has 3 aromatic rings. The topological polar surface area (TPSA) is 97.0 Å². The molecule has 0 unspecified atom stereocenters. The number of unbranched alkanes of at least 4 members (excludes halogenated alkanes) is 4. The first kappa shape index (κ1) is 22.9. The maximum absolute atomic E-state index is 13.6. The van der Waals surface area contributed by atoms with Crippen LogP contribution < -0.4 is 10.5 Å². The quantitative estimate of drug-likeness (QED) is 0.305. The van der Waals surface area contributed by atoms with E-state index in [0.717, 1.165) is 52.9 Å². The summed E-state index contributed by atoms with van der Waals surface area (Å²) in [6.45, 7) is 5.01. The molecule has 8 heteroatoms. The average molecular weight is 487 g/mol. The second-order valence-electron chi connectivity index (χ2n) is 9.91. The zero-order chi connectivity index (χ0) is 25.0. The maximum Gasteiger partial charge on any atom is 0.343 e. The zero-order valence-corrected chi connectivity index (χ0v) is 20.7. The first-order valence-electron chi connectivity index (χ1n) is 12.9. The second kappa shape index (κ2) is 8.55. The molecule has 0 amide bonds. The van der Waals surface area contributed by atoms with E-state index in [1.54, 1.807) is 17.6 Å². The molecule has 1 aromatic carbocycles. The van der Waals surface area contributed by atoms with Crippen molar-refractivity contribution in [2.45, 2.75) is 71.1 Å². The lowest BCUT2D eigenvalue weighted by atomic mass is 9.86. The van der Waals surface area contributed by atoms with Crippen molar-refractivity contribution in [2.24, 2.45) is 4.99 Å². The van der Waals surface area contributed by atoms with Gasteiger partial charge in [-0.1, -0.05) is 45.6 Å². The number of carbonyl (C=O) groups is 1. The average Bonchev–Trinajstić information content (AvgIpc) is 3.26. The molecule has 3 aliphatic rings. The Balaban J connectivity index is 1.51. The third-order valence-electron chi connectivity index (χ3n) is 7.79. The van der Waals surface area contributed by atoms with Gasteiger partial charge in [0.2, 0.25) is 0 Å². The van der Waals surface area contributed by atoms with Crippen LogP contribution in [0.2, 0.25) is 0 Å². The van der Waals surface area contributed by atoms with E-state index in [1.165, 1.54) is 19.3 Å². The van der Waals surface area contributed by atoms with E-state index in [1.807, 2.05) is 24.5 Å². The summed E-state index contributed by atoms with van der Waals surface area (Å²) in [5, 5.41) is 12.2. The van der Waals surface area contributed by atoms with Gasteiger partial charge >= 0.3 is 5.97 Å². The van der Waals surface area contributed by atoms with Crippen LogP contribution in [-0.4, -0.2) is 33.5 Å². The van der Waals surface area contributed by atoms with Crippen LogP contribution in [0, 0.1) is 0 Å². The van der Waals surface area contributed by atoms with Crippen molar-refractivity contribution in [2.75, 3.05) is 11.4 Å². The summed E-state index contributed by atoms with van der Waals surface area (Å²) in [5.74, 6) is -0.711. The molecule has 186 valence electrons. The number of rotatable bonds is 7. The van der Waals surface area contributed by atoms with Gasteiger partial charge in [0.1, 0.15) is 6.61 Å². The van der Waals surface area contributed by atoms with Crippen molar-refractivity contribution in [1.82, 2.24) is 9.55 Å². The molecule has 36 heavy (non-hydrogen) atoms. The van der Waals surface area contributed by atoms with E-state index >= 15 is 0 Å². The number of cyclic esters (lactones) is 1. The first-order valence-corrected chi connectivity index (χ1v) is 12.9. The summed E-state index contributed by atoms with van der Waals surface area (Å²) in [6.07, 6.45) is 7.90. The van der Waals surface area contributed by atoms with E-state index in [9.17, 15) is 14.7 Å². The number of hydrogen-bond donors (Lipinski definition) is 1. The largest absolute Gasteiger partial charge is 0.458 e. The predicted molar refractivity (Wildman–Crippen MR) is 139 cm³/mol. The van der Waals surface area contributed by atoms with Gasteiger partial charge in [0.15, 0.2) is 5.60 Å². The van der Waals surface area contributed by atoms with Gasteiger partial charge in [-0.15, -0.1) is 0 Å². The molecule has 0 fully saturated rings.